The highest BCUT2D eigenvalue weighted by Crippen LogP contribution is 2.32. The first-order chi connectivity index (χ1) is 13.2. The van der Waals surface area contributed by atoms with Gasteiger partial charge in [-0.05, 0) is 38.0 Å². The van der Waals surface area contributed by atoms with E-state index in [2.05, 4.69) is 6.08 Å². The average molecular weight is 373 g/mol. The average Bonchev–Trinajstić information content (AvgIpc) is 2.66. The molecule has 0 aromatic heterocycles. The standard InChI is InChI=1S/C24H36O3/c25-22(18-19-12-6-4-7-13-19)23(20-14-8-5-9-15-20)24(26)27-21-16-10-2-1-3-11-17-21/h5,8-9,14,19-21,23H,1-4,6-7,10-13,15-18H2. The van der Waals surface area contributed by atoms with E-state index in [9.17, 15) is 9.59 Å². The summed E-state index contributed by atoms with van der Waals surface area (Å²) in [6.45, 7) is 0. The monoisotopic (exact) mass is 372 g/mol. The minimum absolute atomic E-state index is 0.00546. The first-order valence-electron chi connectivity index (χ1n) is 11.3. The van der Waals surface area contributed by atoms with Crippen molar-refractivity contribution in [3.05, 3.63) is 24.3 Å². The van der Waals surface area contributed by atoms with Crippen molar-refractivity contribution >= 4 is 11.8 Å². The smallest absolute Gasteiger partial charge is 0.317 e. The Kier molecular flexibility index (Phi) is 8.16. The molecule has 0 spiro atoms. The van der Waals surface area contributed by atoms with Gasteiger partial charge >= 0.3 is 5.97 Å². The minimum Gasteiger partial charge on any atom is -0.462 e. The van der Waals surface area contributed by atoms with Crippen LogP contribution in [0.1, 0.15) is 89.9 Å². The predicted molar refractivity (Wildman–Crippen MR) is 108 cm³/mol. The molecule has 0 aromatic rings. The number of ketones is 1. The minimum atomic E-state index is -0.612. The summed E-state index contributed by atoms with van der Waals surface area (Å²) >= 11 is 0. The van der Waals surface area contributed by atoms with Crippen molar-refractivity contribution < 1.29 is 14.3 Å². The zero-order valence-corrected chi connectivity index (χ0v) is 16.7. The van der Waals surface area contributed by atoms with Crippen LogP contribution in [-0.4, -0.2) is 17.9 Å². The van der Waals surface area contributed by atoms with Crippen LogP contribution in [0.25, 0.3) is 0 Å². The fraction of sp³-hybridized carbons (Fsp3) is 0.750. The lowest BCUT2D eigenvalue weighted by Crippen LogP contribution is -2.36. The van der Waals surface area contributed by atoms with Crippen molar-refractivity contribution in [2.24, 2.45) is 17.8 Å². The van der Waals surface area contributed by atoms with Gasteiger partial charge in [0.05, 0.1) is 0 Å². The number of carbonyl (C=O) groups is 2. The molecule has 150 valence electrons. The van der Waals surface area contributed by atoms with Crippen LogP contribution in [0.3, 0.4) is 0 Å². The summed E-state index contributed by atoms with van der Waals surface area (Å²) in [5.74, 6) is -0.328. The van der Waals surface area contributed by atoms with E-state index in [-0.39, 0.29) is 23.8 Å². The van der Waals surface area contributed by atoms with E-state index in [0.29, 0.717) is 12.3 Å². The second kappa shape index (κ2) is 10.8. The molecule has 0 aromatic carbocycles. The molecule has 3 aliphatic rings. The summed E-state index contributed by atoms with van der Waals surface area (Å²) in [5.41, 5.74) is 0. The number of esters is 1. The molecule has 3 nitrogen and oxygen atoms in total. The lowest BCUT2D eigenvalue weighted by molar-refractivity contribution is -0.159. The first kappa shape index (κ1) is 20.4. The van der Waals surface area contributed by atoms with Crippen molar-refractivity contribution in [1.29, 1.82) is 0 Å². The van der Waals surface area contributed by atoms with Crippen molar-refractivity contribution in [3.63, 3.8) is 0 Å². The molecule has 0 amide bonds. The largest absolute Gasteiger partial charge is 0.462 e. The van der Waals surface area contributed by atoms with E-state index in [1.165, 1.54) is 38.5 Å². The topological polar surface area (TPSA) is 43.4 Å². The van der Waals surface area contributed by atoms with E-state index in [1.54, 1.807) is 0 Å². The zero-order chi connectivity index (χ0) is 18.9. The van der Waals surface area contributed by atoms with Crippen LogP contribution in [0.15, 0.2) is 24.3 Å². The van der Waals surface area contributed by atoms with E-state index >= 15 is 0 Å². The molecule has 2 saturated carbocycles. The van der Waals surface area contributed by atoms with Crippen molar-refractivity contribution in [2.45, 2.75) is 96.0 Å². The molecule has 2 fully saturated rings. The van der Waals surface area contributed by atoms with Gasteiger partial charge in [-0.15, -0.1) is 0 Å². The molecule has 2 atom stereocenters. The van der Waals surface area contributed by atoms with Gasteiger partial charge in [-0.1, -0.05) is 75.7 Å². The Morgan fingerprint density at radius 2 is 1.48 bits per heavy atom. The quantitative estimate of drug-likeness (QED) is 0.429. The van der Waals surface area contributed by atoms with Gasteiger partial charge < -0.3 is 4.74 Å². The number of allylic oxidation sites excluding steroid dienone is 4. The van der Waals surface area contributed by atoms with Gasteiger partial charge in [-0.25, -0.2) is 0 Å². The maximum Gasteiger partial charge on any atom is 0.317 e. The molecule has 0 heterocycles. The van der Waals surface area contributed by atoms with Gasteiger partial charge in [0.1, 0.15) is 17.8 Å². The first-order valence-corrected chi connectivity index (χ1v) is 11.3. The Balaban J connectivity index is 1.64. The fourth-order valence-corrected chi connectivity index (χ4v) is 4.97. The fourth-order valence-electron chi connectivity index (χ4n) is 4.97. The van der Waals surface area contributed by atoms with E-state index in [1.807, 2.05) is 18.2 Å². The summed E-state index contributed by atoms with van der Waals surface area (Å²) < 4.78 is 5.93. The molecule has 3 rings (SSSR count). The number of ether oxygens (including phenoxy) is 1. The van der Waals surface area contributed by atoms with E-state index in [0.717, 1.165) is 44.9 Å². The second-order valence-corrected chi connectivity index (χ2v) is 8.77. The van der Waals surface area contributed by atoms with Gasteiger partial charge in [-0.3, -0.25) is 9.59 Å². The zero-order valence-electron chi connectivity index (χ0n) is 16.7. The molecule has 3 heteroatoms. The Labute approximate surface area is 164 Å². The molecular weight excluding hydrogens is 336 g/mol. The highest BCUT2D eigenvalue weighted by Gasteiger charge is 2.36. The lowest BCUT2D eigenvalue weighted by atomic mass is 9.78. The van der Waals surface area contributed by atoms with Crippen molar-refractivity contribution in [3.8, 4) is 0 Å². The number of carbonyl (C=O) groups excluding carboxylic acids is 2. The van der Waals surface area contributed by atoms with Crippen LogP contribution < -0.4 is 0 Å². The molecule has 0 bridgehead atoms. The molecule has 3 aliphatic carbocycles. The van der Waals surface area contributed by atoms with Crippen LogP contribution in [0, 0.1) is 17.8 Å². The number of hydrogen-bond donors (Lipinski definition) is 0. The normalized spacial score (nSPS) is 26.1. The van der Waals surface area contributed by atoms with Crippen LogP contribution in [-0.2, 0) is 14.3 Å². The van der Waals surface area contributed by atoms with Crippen LogP contribution in [0.2, 0.25) is 0 Å². The van der Waals surface area contributed by atoms with Crippen LogP contribution in [0.4, 0.5) is 0 Å². The van der Waals surface area contributed by atoms with Crippen molar-refractivity contribution in [2.75, 3.05) is 0 Å². The maximum absolute atomic E-state index is 13.2. The number of rotatable bonds is 6. The molecule has 0 N–H and O–H groups in total. The summed E-state index contributed by atoms with van der Waals surface area (Å²) in [7, 11) is 0. The summed E-state index contributed by atoms with van der Waals surface area (Å²) in [4.78, 5) is 26.2. The Morgan fingerprint density at radius 3 is 2.15 bits per heavy atom. The van der Waals surface area contributed by atoms with E-state index < -0.39 is 5.92 Å². The third-order valence-electron chi connectivity index (χ3n) is 6.59. The van der Waals surface area contributed by atoms with Gasteiger partial charge in [0, 0.05) is 12.3 Å². The highest BCUT2D eigenvalue weighted by molar-refractivity contribution is 5.99. The van der Waals surface area contributed by atoms with Gasteiger partial charge in [0.25, 0.3) is 0 Å². The van der Waals surface area contributed by atoms with Gasteiger partial charge in [0.15, 0.2) is 0 Å². The molecule has 0 radical (unpaired) electrons. The highest BCUT2D eigenvalue weighted by atomic mass is 16.5. The molecule has 27 heavy (non-hydrogen) atoms. The Hall–Kier alpha value is -1.38. The number of Topliss-reactive ketones (excluding diaryl/α,β-unsaturated/α-hetero) is 1. The van der Waals surface area contributed by atoms with Crippen molar-refractivity contribution in [1.82, 2.24) is 0 Å². The summed E-state index contributed by atoms with van der Waals surface area (Å²) in [5, 5.41) is 0. The number of hydrogen-bond acceptors (Lipinski definition) is 3. The third-order valence-corrected chi connectivity index (χ3v) is 6.59. The molecule has 2 unspecified atom stereocenters. The lowest BCUT2D eigenvalue weighted by Gasteiger charge is -2.28. The van der Waals surface area contributed by atoms with E-state index in [4.69, 9.17) is 4.74 Å². The van der Waals surface area contributed by atoms with Gasteiger partial charge in [-0.2, -0.15) is 0 Å². The SMILES string of the molecule is O=C(CC1CCCCC1)C(C(=O)OC1CCCCCCC1)C1C=CC=CC1. The Morgan fingerprint density at radius 1 is 0.852 bits per heavy atom. The molecule has 0 saturated heterocycles. The Bertz CT molecular complexity index is 534. The summed E-state index contributed by atoms with van der Waals surface area (Å²) in [6, 6.07) is 0. The van der Waals surface area contributed by atoms with Crippen LogP contribution >= 0.6 is 0 Å². The van der Waals surface area contributed by atoms with Crippen LogP contribution in [0.5, 0.6) is 0 Å². The third kappa shape index (κ3) is 6.33. The predicted octanol–water partition coefficient (Wildman–Crippen LogP) is 5.93. The summed E-state index contributed by atoms with van der Waals surface area (Å²) in [6.07, 6.45) is 23.3. The second-order valence-electron chi connectivity index (χ2n) is 8.77. The molecule has 0 aliphatic heterocycles. The maximum atomic E-state index is 13.2. The van der Waals surface area contributed by atoms with Gasteiger partial charge in [0.2, 0.25) is 0 Å². The molecular formula is C24H36O3.